The van der Waals surface area contributed by atoms with Crippen molar-refractivity contribution in [1.82, 2.24) is 0 Å². The maximum Gasteiger partial charge on any atom is 0.249 e. The van der Waals surface area contributed by atoms with Crippen molar-refractivity contribution >= 4 is 5.91 Å². The molecule has 2 atom stereocenters. The van der Waals surface area contributed by atoms with Gasteiger partial charge in [0.1, 0.15) is 23.6 Å². The van der Waals surface area contributed by atoms with Crippen LogP contribution in [0.25, 0.3) is 0 Å². The summed E-state index contributed by atoms with van der Waals surface area (Å²) in [7, 11) is 0. The van der Waals surface area contributed by atoms with Gasteiger partial charge in [-0.05, 0) is 0 Å². The van der Waals surface area contributed by atoms with Crippen molar-refractivity contribution < 1.29 is 28.2 Å². The van der Waals surface area contributed by atoms with Crippen LogP contribution in [-0.4, -0.2) is 22.2 Å². The maximum atomic E-state index is 13.1. The van der Waals surface area contributed by atoms with Crippen molar-refractivity contribution in [2.24, 2.45) is 5.73 Å². The summed E-state index contributed by atoms with van der Waals surface area (Å²) >= 11 is 0. The van der Waals surface area contributed by atoms with Gasteiger partial charge in [0.25, 0.3) is 0 Å². The summed E-state index contributed by atoms with van der Waals surface area (Å²) in [6.45, 7) is 0. The minimum Gasteiger partial charge on any atom is -0.385 e. The number of aliphatic hydroxyl groups is 2. The molecule has 0 saturated carbocycles. The van der Waals surface area contributed by atoms with Gasteiger partial charge in [0.2, 0.25) is 5.91 Å². The van der Waals surface area contributed by atoms with Gasteiger partial charge in [-0.25, -0.2) is 13.2 Å². The standard InChI is InChI=1S/C9H8F3NO3/c10-3-1-4(11)6(5(12)2-3)7(14)8(15)9(13)16/h1-2,7-8,14-15H,(H2,13,16). The summed E-state index contributed by atoms with van der Waals surface area (Å²) in [5, 5.41) is 18.3. The first-order valence-electron chi connectivity index (χ1n) is 4.14. The topological polar surface area (TPSA) is 83.6 Å². The molecule has 16 heavy (non-hydrogen) atoms. The van der Waals surface area contributed by atoms with Crippen LogP contribution in [0.3, 0.4) is 0 Å². The van der Waals surface area contributed by atoms with Crippen LogP contribution in [-0.2, 0) is 4.79 Å². The predicted molar refractivity (Wildman–Crippen MR) is 46.5 cm³/mol. The molecular formula is C9H8F3NO3. The van der Waals surface area contributed by atoms with Crippen molar-refractivity contribution in [3.05, 3.63) is 35.1 Å². The van der Waals surface area contributed by atoms with Crippen LogP contribution in [0.2, 0.25) is 0 Å². The predicted octanol–water partition coefficient (Wildman–Crippen LogP) is -0.0165. The van der Waals surface area contributed by atoms with Crippen LogP contribution in [0.1, 0.15) is 11.7 Å². The molecule has 4 N–H and O–H groups in total. The normalized spacial score (nSPS) is 14.6. The Hall–Kier alpha value is -1.60. The minimum absolute atomic E-state index is 0.315. The fourth-order valence-corrected chi connectivity index (χ4v) is 1.15. The molecule has 1 aromatic rings. The number of aliphatic hydroxyl groups excluding tert-OH is 2. The number of halogens is 3. The van der Waals surface area contributed by atoms with E-state index in [9.17, 15) is 23.1 Å². The van der Waals surface area contributed by atoms with E-state index in [1.165, 1.54) is 0 Å². The molecule has 0 radical (unpaired) electrons. The van der Waals surface area contributed by atoms with Crippen LogP contribution in [0.15, 0.2) is 12.1 Å². The van der Waals surface area contributed by atoms with Crippen LogP contribution in [0.4, 0.5) is 13.2 Å². The zero-order valence-electron chi connectivity index (χ0n) is 7.82. The molecule has 0 aliphatic rings. The Labute approximate surface area is 88.1 Å². The molecular weight excluding hydrogens is 227 g/mol. The van der Waals surface area contributed by atoms with Gasteiger partial charge in [-0.2, -0.15) is 0 Å². The highest BCUT2D eigenvalue weighted by Crippen LogP contribution is 2.24. The third-order valence-corrected chi connectivity index (χ3v) is 1.93. The lowest BCUT2D eigenvalue weighted by Crippen LogP contribution is -2.34. The first-order valence-corrected chi connectivity index (χ1v) is 4.14. The SMILES string of the molecule is NC(=O)C(O)C(O)c1c(F)cc(F)cc1F. The molecule has 0 spiro atoms. The molecule has 4 nitrogen and oxygen atoms in total. The Bertz CT molecular complexity index is 401. The van der Waals surface area contributed by atoms with Crippen LogP contribution >= 0.6 is 0 Å². The number of rotatable bonds is 3. The summed E-state index contributed by atoms with van der Waals surface area (Å²) < 4.78 is 38.7. The molecule has 1 aromatic carbocycles. The van der Waals surface area contributed by atoms with E-state index >= 15 is 0 Å². The first kappa shape index (κ1) is 12.5. The largest absolute Gasteiger partial charge is 0.385 e. The Kier molecular flexibility index (Phi) is 3.51. The molecule has 7 heteroatoms. The Morgan fingerprint density at radius 1 is 1.19 bits per heavy atom. The highest BCUT2D eigenvalue weighted by atomic mass is 19.1. The molecule has 2 unspecified atom stereocenters. The molecule has 0 aliphatic heterocycles. The number of carbonyl (C=O) groups is 1. The Balaban J connectivity index is 3.18. The van der Waals surface area contributed by atoms with E-state index in [1.54, 1.807) is 0 Å². The highest BCUT2D eigenvalue weighted by molar-refractivity contribution is 5.79. The number of hydrogen-bond donors (Lipinski definition) is 3. The van der Waals surface area contributed by atoms with Gasteiger partial charge in [0.05, 0.1) is 5.56 Å². The molecule has 0 aromatic heterocycles. The summed E-state index contributed by atoms with van der Waals surface area (Å²) in [5.74, 6) is -5.36. The van der Waals surface area contributed by atoms with Crippen molar-refractivity contribution in [3.63, 3.8) is 0 Å². The average Bonchev–Trinajstić information content (AvgIpc) is 2.14. The average molecular weight is 235 g/mol. The zero-order chi connectivity index (χ0) is 12.5. The van der Waals surface area contributed by atoms with E-state index in [0.29, 0.717) is 12.1 Å². The van der Waals surface area contributed by atoms with Crippen LogP contribution < -0.4 is 5.73 Å². The summed E-state index contributed by atoms with van der Waals surface area (Å²) in [4.78, 5) is 10.5. The number of nitrogens with two attached hydrogens (primary N) is 1. The van der Waals surface area contributed by atoms with Gasteiger partial charge in [-0.1, -0.05) is 0 Å². The van der Waals surface area contributed by atoms with Gasteiger partial charge in [-0.3, -0.25) is 4.79 Å². The lowest BCUT2D eigenvalue weighted by molar-refractivity contribution is -0.132. The van der Waals surface area contributed by atoms with Gasteiger partial charge in [0.15, 0.2) is 6.10 Å². The first-order chi connectivity index (χ1) is 7.34. The summed E-state index contributed by atoms with van der Waals surface area (Å²) in [6.07, 6.45) is -4.35. The van der Waals surface area contributed by atoms with E-state index in [1.807, 2.05) is 0 Å². The third kappa shape index (κ3) is 2.31. The molecule has 0 heterocycles. The fraction of sp³-hybridized carbons (Fsp3) is 0.222. The smallest absolute Gasteiger partial charge is 0.249 e. The van der Waals surface area contributed by atoms with Gasteiger partial charge in [-0.15, -0.1) is 0 Å². The number of hydrogen-bond acceptors (Lipinski definition) is 3. The second kappa shape index (κ2) is 4.50. The number of amides is 1. The Morgan fingerprint density at radius 3 is 2.00 bits per heavy atom. The molecule has 0 bridgehead atoms. The van der Waals surface area contributed by atoms with Crippen molar-refractivity contribution in [3.8, 4) is 0 Å². The molecule has 1 amide bonds. The number of carbonyl (C=O) groups excluding carboxylic acids is 1. The molecule has 0 aliphatic carbocycles. The van der Waals surface area contributed by atoms with E-state index in [-0.39, 0.29) is 0 Å². The lowest BCUT2D eigenvalue weighted by atomic mass is 10.0. The quantitative estimate of drug-likeness (QED) is 0.688. The second-order valence-electron chi connectivity index (χ2n) is 3.08. The summed E-state index contributed by atoms with van der Waals surface area (Å²) in [5.41, 5.74) is 3.63. The van der Waals surface area contributed by atoms with E-state index in [0.717, 1.165) is 0 Å². The number of primary amides is 1. The Morgan fingerprint density at radius 2 is 1.62 bits per heavy atom. The molecule has 0 saturated heterocycles. The lowest BCUT2D eigenvalue weighted by Gasteiger charge is -2.16. The molecule has 88 valence electrons. The second-order valence-corrected chi connectivity index (χ2v) is 3.08. The molecule has 0 fully saturated rings. The maximum absolute atomic E-state index is 13.1. The van der Waals surface area contributed by atoms with E-state index in [2.05, 4.69) is 5.73 Å². The van der Waals surface area contributed by atoms with Crippen molar-refractivity contribution in [2.45, 2.75) is 12.2 Å². The zero-order valence-corrected chi connectivity index (χ0v) is 7.82. The van der Waals surface area contributed by atoms with E-state index in [4.69, 9.17) is 5.11 Å². The highest BCUT2D eigenvalue weighted by Gasteiger charge is 2.29. The monoisotopic (exact) mass is 235 g/mol. The minimum atomic E-state index is -2.18. The van der Waals surface area contributed by atoms with Crippen molar-refractivity contribution in [2.75, 3.05) is 0 Å². The van der Waals surface area contributed by atoms with Gasteiger partial charge < -0.3 is 15.9 Å². The molecule has 1 rings (SSSR count). The van der Waals surface area contributed by atoms with E-state index < -0.39 is 41.1 Å². The van der Waals surface area contributed by atoms with Crippen LogP contribution in [0, 0.1) is 17.5 Å². The number of benzene rings is 1. The fourth-order valence-electron chi connectivity index (χ4n) is 1.15. The van der Waals surface area contributed by atoms with Crippen LogP contribution in [0.5, 0.6) is 0 Å². The van der Waals surface area contributed by atoms with Crippen molar-refractivity contribution in [1.29, 1.82) is 0 Å². The third-order valence-electron chi connectivity index (χ3n) is 1.93. The van der Waals surface area contributed by atoms with Gasteiger partial charge >= 0.3 is 0 Å². The van der Waals surface area contributed by atoms with Gasteiger partial charge in [0, 0.05) is 12.1 Å². The summed E-state index contributed by atoms with van der Waals surface area (Å²) in [6, 6.07) is 0.630.